The molecule has 2 rings (SSSR count). The Morgan fingerprint density at radius 1 is 1.45 bits per heavy atom. The number of sulfonamides is 1. The number of nitrogens with two attached hydrogens (primary N) is 1. The molecule has 1 aromatic rings. The van der Waals surface area contributed by atoms with Crippen LogP contribution in [0.5, 0.6) is 0 Å². The van der Waals surface area contributed by atoms with Crippen LogP contribution in [-0.2, 0) is 10.0 Å². The highest BCUT2D eigenvalue weighted by molar-refractivity contribution is 7.89. The van der Waals surface area contributed by atoms with Gasteiger partial charge in [0.15, 0.2) is 0 Å². The molecule has 0 spiro atoms. The van der Waals surface area contributed by atoms with E-state index in [-0.39, 0.29) is 41.4 Å². The molecule has 1 aliphatic heterocycles. The number of nitriles is 1. The number of hydrogen-bond donors (Lipinski definition) is 1. The second-order valence-corrected chi connectivity index (χ2v) is 6.65. The maximum atomic E-state index is 13.2. The number of benzene rings is 1. The summed E-state index contributed by atoms with van der Waals surface area (Å²) >= 11 is 0. The quantitative estimate of drug-likeness (QED) is 0.884. The molecule has 0 aliphatic carbocycles. The zero-order valence-electron chi connectivity index (χ0n) is 10.8. The molecule has 0 aromatic heterocycles. The van der Waals surface area contributed by atoms with E-state index in [1.54, 1.807) is 6.07 Å². The van der Waals surface area contributed by atoms with E-state index in [4.69, 9.17) is 11.0 Å². The van der Waals surface area contributed by atoms with Crippen molar-refractivity contribution in [1.82, 2.24) is 4.31 Å². The summed E-state index contributed by atoms with van der Waals surface area (Å²) in [5, 5.41) is 8.74. The molecule has 0 radical (unpaired) electrons. The third-order valence-electron chi connectivity index (χ3n) is 3.33. The van der Waals surface area contributed by atoms with Crippen LogP contribution in [0, 0.1) is 23.1 Å². The second kappa shape index (κ2) is 6.06. The predicted molar refractivity (Wildman–Crippen MR) is 74.3 cm³/mol. The molecule has 1 aromatic carbocycles. The Labute approximate surface area is 123 Å². The largest absolute Gasteiger partial charge is 0.326 e. The molecule has 8 heteroatoms. The Morgan fingerprint density at radius 3 is 2.60 bits per heavy atom. The molecule has 1 aliphatic rings. The number of hydrogen-bond acceptors (Lipinski definition) is 4. The van der Waals surface area contributed by atoms with Gasteiger partial charge in [-0.25, -0.2) is 12.8 Å². The molecule has 0 amide bonds. The average molecular weight is 320 g/mol. The van der Waals surface area contributed by atoms with Crippen LogP contribution in [0.3, 0.4) is 0 Å². The van der Waals surface area contributed by atoms with Gasteiger partial charge in [-0.15, -0.1) is 12.4 Å². The summed E-state index contributed by atoms with van der Waals surface area (Å²) in [5.74, 6) is -0.654. The molecule has 20 heavy (non-hydrogen) atoms. The summed E-state index contributed by atoms with van der Waals surface area (Å²) in [5.41, 5.74) is 5.53. The summed E-state index contributed by atoms with van der Waals surface area (Å²) in [6.45, 7) is 2.46. The van der Waals surface area contributed by atoms with Gasteiger partial charge in [0, 0.05) is 19.1 Å². The second-order valence-electron chi connectivity index (χ2n) is 4.72. The molecule has 1 fully saturated rings. The molecular weight excluding hydrogens is 305 g/mol. The lowest BCUT2D eigenvalue weighted by Gasteiger charge is -2.16. The van der Waals surface area contributed by atoms with Gasteiger partial charge in [0.25, 0.3) is 0 Å². The summed E-state index contributed by atoms with van der Waals surface area (Å²) < 4.78 is 39.2. The van der Waals surface area contributed by atoms with Gasteiger partial charge in [-0.1, -0.05) is 6.92 Å². The van der Waals surface area contributed by atoms with E-state index in [0.717, 1.165) is 12.1 Å². The Hall–Kier alpha value is -1.20. The van der Waals surface area contributed by atoms with Crippen LogP contribution < -0.4 is 5.73 Å². The normalized spacial score (nSPS) is 23.1. The fraction of sp³-hybridized carbons (Fsp3) is 0.417. The molecule has 2 unspecified atom stereocenters. The van der Waals surface area contributed by atoms with Gasteiger partial charge in [-0.05, 0) is 24.1 Å². The van der Waals surface area contributed by atoms with Crippen LogP contribution in [0.1, 0.15) is 12.5 Å². The summed E-state index contributed by atoms with van der Waals surface area (Å²) in [7, 11) is -3.72. The van der Waals surface area contributed by atoms with Gasteiger partial charge in [0.05, 0.1) is 10.5 Å². The van der Waals surface area contributed by atoms with Crippen LogP contribution in [0.15, 0.2) is 23.1 Å². The van der Waals surface area contributed by atoms with Crippen LogP contribution in [0.4, 0.5) is 4.39 Å². The lowest BCUT2D eigenvalue weighted by molar-refractivity contribution is 0.464. The fourth-order valence-corrected chi connectivity index (χ4v) is 3.65. The van der Waals surface area contributed by atoms with Gasteiger partial charge in [0.2, 0.25) is 10.0 Å². The smallest absolute Gasteiger partial charge is 0.243 e. The van der Waals surface area contributed by atoms with Crippen LogP contribution in [0.2, 0.25) is 0 Å². The van der Waals surface area contributed by atoms with Gasteiger partial charge >= 0.3 is 0 Å². The maximum absolute atomic E-state index is 13.2. The van der Waals surface area contributed by atoms with Gasteiger partial charge < -0.3 is 5.73 Å². The van der Waals surface area contributed by atoms with E-state index >= 15 is 0 Å². The monoisotopic (exact) mass is 319 g/mol. The SMILES string of the molecule is CC1CN(S(=O)(=O)c2ccc(F)c(C#N)c2)CC1N.Cl. The molecule has 0 bridgehead atoms. The van der Waals surface area contributed by atoms with Crippen molar-refractivity contribution in [2.75, 3.05) is 13.1 Å². The third-order valence-corrected chi connectivity index (χ3v) is 5.16. The van der Waals surface area contributed by atoms with E-state index in [1.165, 1.54) is 10.4 Å². The molecule has 110 valence electrons. The van der Waals surface area contributed by atoms with Crippen molar-refractivity contribution >= 4 is 22.4 Å². The van der Waals surface area contributed by atoms with Crippen LogP contribution >= 0.6 is 12.4 Å². The molecular formula is C12H15ClFN3O2S. The van der Waals surface area contributed by atoms with Crippen molar-refractivity contribution in [2.45, 2.75) is 17.9 Å². The van der Waals surface area contributed by atoms with Crippen molar-refractivity contribution in [3.63, 3.8) is 0 Å². The zero-order chi connectivity index (χ0) is 14.2. The Morgan fingerprint density at radius 2 is 2.10 bits per heavy atom. The summed E-state index contributed by atoms with van der Waals surface area (Å²) in [4.78, 5) is -0.0771. The summed E-state index contributed by atoms with van der Waals surface area (Å²) in [6, 6.07) is 4.64. The van der Waals surface area contributed by atoms with Crippen molar-refractivity contribution in [3.8, 4) is 6.07 Å². The van der Waals surface area contributed by atoms with E-state index < -0.39 is 15.8 Å². The highest BCUT2D eigenvalue weighted by atomic mass is 35.5. The molecule has 2 atom stereocenters. The first-order chi connectivity index (χ1) is 8.86. The number of rotatable bonds is 2. The lowest BCUT2D eigenvalue weighted by atomic mass is 10.1. The average Bonchev–Trinajstić information content (AvgIpc) is 2.70. The molecule has 0 saturated carbocycles. The molecule has 5 nitrogen and oxygen atoms in total. The summed E-state index contributed by atoms with van der Waals surface area (Å²) in [6.07, 6.45) is 0. The molecule has 1 heterocycles. The minimum absolute atomic E-state index is 0. The topological polar surface area (TPSA) is 87.2 Å². The van der Waals surface area contributed by atoms with E-state index in [9.17, 15) is 12.8 Å². The first kappa shape index (κ1) is 16.9. The van der Waals surface area contributed by atoms with E-state index in [1.807, 2.05) is 6.92 Å². The van der Waals surface area contributed by atoms with Crippen molar-refractivity contribution in [1.29, 1.82) is 5.26 Å². The fourth-order valence-electron chi connectivity index (χ4n) is 2.04. The third kappa shape index (κ3) is 2.94. The van der Waals surface area contributed by atoms with Crippen LogP contribution in [-0.4, -0.2) is 31.9 Å². The Bertz CT molecular complexity index is 635. The van der Waals surface area contributed by atoms with E-state index in [2.05, 4.69) is 0 Å². The zero-order valence-corrected chi connectivity index (χ0v) is 12.4. The Balaban J connectivity index is 0.00000200. The molecule has 2 N–H and O–H groups in total. The number of halogens is 2. The molecule has 1 saturated heterocycles. The highest BCUT2D eigenvalue weighted by Gasteiger charge is 2.35. The van der Waals surface area contributed by atoms with Crippen LogP contribution in [0.25, 0.3) is 0 Å². The van der Waals surface area contributed by atoms with Gasteiger partial charge in [-0.2, -0.15) is 9.57 Å². The first-order valence-corrected chi connectivity index (χ1v) is 7.25. The minimum atomic E-state index is -3.72. The minimum Gasteiger partial charge on any atom is -0.326 e. The van der Waals surface area contributed by atoms with E-state index in [0.29, 0.717) is 6.54 Å². The number of nitrogens with zero attached hydrogens (tertiary/aromatic N) is 2. The highest BCUT2D eigenvalue weighted by Crippen LogP contribution is 2.24. The van der Waals surface area contributed by atoms with Gasteiger partial charge in [0.1, 0.15) is 11.9 Å². The van der Waals surface area contributed by atoms with Crippen molar-refractivity contribution < 1.29 is 12.8 Å². The first-order valence-electron chi connectivity index (χ1n) is 5.81. The lowest BCUT2D eigenvalue weighted by Crippen LogP contribution is -2.32. The van der Waals surface area contributed by atoms with Crippen molar-refractivity contribution in [3.05, 3.63) is 29.6 Å². The van der Waals surface area contributed by atoms with Crippen molar-refractivity contribution in [2.24, 2.45) is 11.7 Å². The predicted octanol–water partition coefficient (Wildman–Crippen LogP) is 1.09. The maximum Gasteiger partial charge on any atom is 0.243 e. The van der Waals surface area contributed by atoms with Gasteiger partial charge in [-0.3, -0.25) is 0 Å². The standard InChI is InChI=1S/C12H14FN3O2S.ClH/c1-8-6-16(7-12(8)15)19(17,18)10-2-3-11(13)9(4-10)5-14;/h2-4,8,12H,6-7,15H2,1H3;1H. The Kier molecular flexibility index (Phi) is 5.10.